The van der Waals surface area contributed by atoms with Gasteiger partial charge in [-0.25, -0.2) is 9.78 Å². The van der Waals surface area contributed by atoms with Crippen LogP contribution in [0.4, 0.5) is 18.0 Å². The fourth-order valence-electron chi connectivity index (χ4n) is 2.77. The number of alkyl halides is 3. The molecule has 1 N–H and O–H groups in total. The maximum Gasteiger partial charge on any atom is 0.416 e. The molecule has 23 heavy (non-hydrogen) atoms. The first-order valence-corrected chi connectivity index (χ1v) is 7.02. The Labute approximate surface area is 130 Å². The summed E-state index contributed by atoms with van der Waals surface area (Å²) in [6.07, 6.45) is -3.80. The molecule has 0 fully saturated rings. The van der Waals surface area contributed by atoms with Crippen molar-refractivity contribution in [3.63, 3.8) is 0 Å². The number of carbonyl (C=O) groups is 1. The van der Waals surface area contributed by atoms with Gasteiger partial charge in [0.2, 0.25) is 0 Å². The summed E-state index contributed by atoms with van der Waals surface area (Å²) < 4.78 is 41.0. The molecule has 1 amide bonds. The summed E-state index contributed by atoms with van der Waals surface area (Å²) in [7, 11) is 0. The van der Waals surface area contributed by atoms with Gasteiger partial charge in [0.1, 0.15) is 5.82 Å². The number of carboxylic acid groups (broad SMARTS) is 1. The Morgan fingerprint density at radius 2 is 2.00 bits per heavy atom. The zero-order chi connectivity index (χ0) is 16.6. The standard InChI is InChI=1S/C15H14F3N3O2/c16-15(17,18)12-4-2-1-3-10(12)7-11-8-19-13-9-20(14(22)23)5-6-21(11)13/h1-4,8H,5-7,9H2,(H,22,23). The lowest BCUT2D eigenvalue weighted by molar-refractivity contribution is -0.138. The molecule has 8 heteroatoms. The number of hydrogen-bond donors (Lipinski definition) is 1. The van der Waals surface area contributed by atoms with E-state index in [9.17, 15) is 18.0 Å². The van der Waals surface area contributed by atoms with Crippen LogP contribution < -0.4 is 0 Å². The van der Waals surface area contributed by atoms with Gasteiger partial charge in [0.25, 0.3) is 0 Å². The van der Waals surface area contributed by atoms with Gasteiger partial charge in [-0.2, -0.15) is 13.2 Å². The van der Waals surface area contributed by atoms with E-state index >= 15 is 0 Å². The lowest BCUT2D eigenvalue weighted by Gasteiger charge is -2.26. The molecule has 0 spiro atoms. The smallest absolute Gasteiger partial charge is 0.416 e. The van der Waals surface area contributed by atoms with Crippen molar-refractivity contribution in [3.8, 4) is 0 Å². The summed E-state index contributed by atoms with van der Waals surface area (Å²) in [5.74, 6) is 0.554. The molecule has 1 aliphatic rings. The summed E-state index contributed by atoms with van der Waals surface area (Å²) in [6, 6.07) is 5.46. The van der Waals surface area contributed by atoms with Gasteiger partial charge in [-0.05, 0) is 11.6 Å². The fraction of sp³-hybridized carbons (Fsp3) is 0.333. The molecule has 0 atom stereocenters. The monoisotopic (exact) mass is 325 g/mol. The van der Waals surface area contributed by atoms with Crippen LogP contribution in [0.5, 0.6) is 0 Å². The van der Waals surface area contributed by atoms with E-state index in [1.165, 1.54) is 23.2 Å². The summed E-state index contributed by atoms with van der Waals surface area (Å²) >= 11 is 0. The lowest BCUT2D eigenvalue weighted by Crippen LogP contribution is -2.37. The van der Waals surface area contributed by atoms with Crippen LogP contribution in [0.1, 0.15) is 22.6 Å². The number of amides is 1. The molecule has 3 rings (SSSR count). The quantitative estimate of drug-likeness (QED) is 0.923. The van der Waals surface area contributed by atoms with E-state index in [4.69, 9.17) is 5.11 Å². The zero-order valence-electron chi connectivity index (χ0n) is 12.0. The minimum Gasteiger partial charge on any atom is -0.465 e. The van der Waals surface area contributed by atoms with E-state index in [1.54, 1.807) is 10.6 Å². The van der Waals surface area contributed by atoms with Gasteiger partial charge in [0.15, 0.2) is 0 Å². The lowest BCUT2D eigenvalue weighted by atomic mass is 10.0. The SMILES string of the molecule is O=C(O)N1CCn2c(Cc3ccccc3C(F)(F)F)cnc2C1. The third-order valence-electron chi connectivity index (χ3n) is 3.91. The predicted octanol–water partition coefficient (Wildman–Crippen LogP) is 2.99. The molecular formula is C15H14F3N3O2. The molecule has 0 unspecified atom stereocenters. The number of benzene rings is 1. The molecule has 0 saturated heterocycles. The first kappa shape index (κ1) is 15.4. The molecule has 0 radical (unpaired) electrons. The van der Waals surface area contributed by atoms with Crippen LogP contribution in [-0.2, 0) is 25.7 Å². The highest BCUT2D eigenvalue weighted by Gasteiger charge is 2.33. The molecule has 5 nitrogen and oxygen atoms in total. The minimum atomic E-state index is -4.40. The average molecular weight is 325 g/mol. The second-order valence-electron chi connectivity index (χ2n) is 5.35. The maximum absolute atomic E-state index is 13.1. The van der Waals surface area contributed by atoms with Crippen LogP contribution in [0.3, 0.4) is 0 Å². The van der Waals surface area contributed by atoms with Crippen LogP contribution in [0, 0.1) is 0 Å². The second kappa shape index (κ2) is 5.60. The Balaban J connectivity index is 1.88. The van der Waals surface area contributed by atoms with Crippen molar-refractivity contribution in [2.75, 3.05) is 6.54 Å². The highest BCUT2D eigenvalue weighted by Crippen LogP contribution is 2.33. The largest absolute Gasteiger partial charge is 0.465 e. The van der Waals surface area contributed by atoms with Gasteiger partial charge in [-0.15, -0.1) is 0 Å². The van der Waals surface area contributed by atoms with E-state index in [1.807, 2.05) is 0 Å². The van der Waals surface area contributed by atoms with Crippen molar-refractivity contribution in [2.45, 2.75) is 25.7 Å². The number of aromatic nitrogens is 2. The Bertz CT molecular complexity index is 740. The molecular weight excluding hydrogens is 311 g/mol. The van der Waals surface area contributed by atoms with Crippen LogP contribution in [0.15, 0.2) is 30.5 Å². The Morgan fingerprint density at radius 3 is 2.70 bits per heavy atom. The van der Waals surface area contributed by atoms with E-state index in [0.717, 1.165) is 6.07 Å². The first-order valence-electron chi connectivity index (χ1n) is 7.02. The average Bonchev–Trinajstić information content (AvgIpc) is 2.89. The van der Waals surface area contributed by atoms with E-state index in [-0.39, 0.29) is 18.5 Å². The highest BCUT2D eigenvalue weighted by molar-refractivity contribution is 5.65. The molecule has 1 aliphatic heterocycles. The summed E-state index contributed by atoms with van der Waals surface area (Å²) in [6.45, 7) is 0.841. The summed E-state index contributed by atoms with van der Waals surface area (Å²) in [5.41, 5.74) is 0.184. The molecule has 0 aliphatic carbocycles. The third-order valence-corrected chi connectivity index (χ3v) is 3.91. The van der Waals surface area contributed by atoms with E-state index in [0.29, 0.717) is 24.6 Å². The molecule has 2 aromatic rings. The molecule has 0 saturated carbocycles. The summed E-state index contributed by atoms with van der Waals surface area (Å²) in [4.78, 5) is 16.4. The van der Waals surface area contributed by atoms with Gasteiger partial charge in [-0.3, -0.25) is 4.90 Å². The number of imidazole rings is 1. The van der Waals surface area contributed by atoms with Gasteiger partial charge in [-0.1, -0.05) is 18.2 Å². The van der Waals surface area contributed by atoms with Crippen LogP contribution in [0.25, 0.3) is 0 Å². The van der Waals surface area contributed by atoms with E-state index < -0.39 is 17.8 Å². The Morgan fingerprint density at radius 1 is 1.26 bits per heavy atom. The van der Waals surface area contributed by atoms with Gasteiger partial charge in [0, 0.05) is 31.4 Å². The number of hydrogen-bond acceptors (Lipinski definition) is 2. The van der Waals surface area contributed by atoms with Crippen molar-refractivity contribution in [1.29, 1.82) is 0 Å². The third kappa shape index (κ3) is 3.01. The molecule has 1 aromatic heterocycles. The molecule has 2 heterocycles. The van der Waals surface area contributed by atoms with Gasteiger partial charge in [0.05, 0.1) is 12.1 Å². The topological polar surface area (TPSA) is 58.4 Å². The van der Waals surface area contributed by atoms with Crippen molar-refractivity contribution in [3.05, 3.63) is 53.1 Å². The number of rotatable bonds is 2. The summed E-state index contributed by atoms with van der Waals surface area (Å²) in [5, 5.41) is 9.00. The maximum atomic E-state index is 13.1. The molecule has 122 valence electrons. The molecule has 0 bridgehead atoms. The Hall–Kier alpha value is -2.51. The van der Waals surface area contributed by atoms with Gasteiger partial charge < -0.3 is 9.67 Å². The van der Waals surface area contributed by atoms with Crippen molar-refractivity contribution >= 4 is 6.09 Å². The van der Waals surface area contributed by atoms with Crippen LogP contribution >= 0.6 is 0 Å². The van der Waals surface area contributed by atoms with Crippen molar-refractivity contribution in [1.82, 2.24) is 14.5 Å². The van der Waals surface area contributed by atoms with Crippen LogP contribution in [-0.4, -0.2) is 32.2 Å². The second-order valence-corrected chi connectivity index (χ2v) is 5.35. The number of nitrogens with zero attached hydrogens (tertiary/aromatic N) is 3. The van der Waals surface area contributed by atoms with Crippen LogP contribution in [0.2, 0.25) is 0 Å². The first-order chi connectivity index (χ1) is 10.9. The predicted molar refractivity (Wildman–Crippen MR) is 74.9 cm³/mol. The highest BCUT2D eigenvalue weighted by atomic mass is 19.4. The fourth-order valence-corrected chi connectivity index (χ4v) is 2.77. The number of fused-ring (bicyclic) bond motifs is 1. The minimum absolute atomic E-state index is 0.107. The van der Waals surface area contributed by atoms with Gasteiger partial charge >= 0.3 is 12.3 Å². The zero-order valence-corrected chi connectivity index (χ0v) is 12.0. The Kier molecular flexibility index (Phi) is 3.75. The van der Waals surface area contributed by atoms with Crippen molar-refractivity contribution in [2.24, 2.45) is 0 Å². The van der Waals surface area contributed by atoms with E-state index in [2.05, 4.69) is 4.98 Å². The normalized spacial score (nSPS) is 14.7. The number of halogens is 3. The van der Waals surface area contributed by atoms with Crippen molar-refractivity contribution < 1.29 is 23.1 Å². The molecule has 1 aromatic carbocycles.